The average Bonchev–Trinajstić information content (AvgIpc) is 2.47. The van der Waals surface area contributed by atoms with Crippen LogP contribution in [0.15, 0.2) is 18.5 Å². The van der Waals surface area contributed by atoms with Gasteiger partial charge in [0.05, 0.1) is 25.1 Å². The van der Waals surface area contributed by atoms with Gasteiger partial charge in [0.1, 0.15) is 12.1 Å². The number of ether oxygens (including phenoxy) is 2. The molecular weight excluding hydrogens is 242 g/mol. The number of benzene rings is 1. The molecule has 1 heterocycles. The smallest absolute Gasteiger partial charge is 0.173 e. The van der Waals surface area contributed by atoms with Gasteiger partial charge in [0.2, 0.25) is 0 Å². The lowest BCUT2D eigenvalue weighted by Crippen LogP contribution is -2.23. The molecule has 0 bridgehead atoms. The van der Waals surface area contributed by atoms with Crippen LogP contribution in [0.5, 0.6) is 11.5 Å². The molecule has 0 aliphatic heterocycles. The van der Waals surface area contributed by atoms with Crippen molar-refractivity contribution >= 4 is 16.7 Å². The molecule has 2 rings (SSSR count). The standard InChI is InChI=1S/C14H19N3O2/c1-5-17(6-2)14-12-10(15-9-16-14)7-8-11(18-3)13(12)19-4/h7-9H,5-6H2,1-4H3. The van der Waals surface area contributed by atoms with Gasteiger partial charge in [-0.25, -0.2) is 9.97 Å². The maximum Gasteiger partial charge on any atom is 0.173 e. The summed E-state index contributed by atoms with van der Waals surface area (Å²) in [6.45, 7) is 5.96. The largest absolute Gasteiger partial charge is 0.493 e. The first-order chi connectivity index (χ1) is 9.26. The molecule has 0 saturated carbocycles. The van der Waals surface area contributed by atoms with E-state index in [9.17, 15) is 0 Å². The fraction of sp³-hybridized carbons (Fsp3) is 0.429. The molecule has 19 heavy (non-hydrogen) atoms. The molecule has 0 unspecified atom stereocenters. The molecule has 0 amide bonds. The Bertz CT molecular complexity index is 568. The number of hydrogen-bond acceptors (Lipinski definition) is 5. The molecule has 1 aromatic carbocycles. The predicted octanol–water partition coefficient (Wildman–Crippen LogP) is 2.49. The van der Waals surface area contributed by atoms with Gasteiger partial charge < -0.3 is 14.4 Å². The van der Waals surface area contributed by atoms with Crippen LogP contribution in [0.1, 0.15) is 13.8 Å². The Balaban J connectivity index is 2.77. The summed E-state index contributed by atoms with van der Waals surface area (Å²) in [6, 6.07) is 3.78. The molecule has 5 nitrogen and oxygen atoms in total. The van der Waals surface area contributed by atoms with Gasteiger partial charge in [-0.1, -0.05) is 0 Å². The normalized spacial score (nSPS) is 10.5. The molecule has 0 radical (unpaired) electrons. The summed E-state index contributed by atoms with van der Waals surface area (Å²) < 4.78 is 10.8. The number of nitrogens with zero attached hydrogens (tertiary/aromatic N) is 3. The zero-order chi connectivity index (χ0) is 13.8. The highest BCUT2D eigenvalue weighted by molar-refractivity contribution is 5.96. The average molecular weight is 261 g/mol. The second-order valence-corrected chi connectivity index (χ2v) is 4.06. The minimum Gasteiger partial charge on any atom is -0.493 e. The molecular formula is C14H19N3O2. The summed E-state index contributed by atoms with van der Waals surface area (Å²) >= 11 is 0. The fourth-order valence-electron chi connectivity index (χ4n) is 2.21. The zero-order valence-electron chi connectivity index (χ0n) is 11.8. The molecule has 0 spiro atoms. The van der Waals surface area contributed by atoms with E-state index in [1.165, 1.54) is 0 Å². The number of anilines is 1. The number of methoxy groups -OCH3 is 2. The summed E-state index contributed by atoms with van der Waals surface area (Å²) in [5.41, 5.74) is 0.856. The number of rotatable bonds is 5. The maximum atomic E-state index is 5.50. The van der Waals surface area contributed by atoms with E-state index in [1.807, 2.05) is 12.1 Å². The van der Waals surface area contributed by atoms with E-state index in [4.69, 9.17) is 9.47 Å². The van der Waals surface area contributed by atoms with Crippen LogP contribution in [0.2, 0.25) is 0 Å². The second-order valence-electron chi connectivity index (χ2n) is 4.06. The molecule has 0 fully saturated rings. The van der Waals surface area contributed by atoms with E-state index in [1.54, 1.807) is 20.5 Å². The molecule has 0 N–H and O–H groups in total. The number of fused-ring (bicyclic) bond motifs is 1. The summed E-state index contributed by atoms with van der Waals surface area (Å²) in [5, 5.41) is 0.896. The van der Waals surface area contributed by atoms with E-state index in [0.717, 1.165) is 29.8 Å². The van der Waals surface area contributed by atoms with Crippen molar-refractivity contribution in [2.24, 2.45) is 0 Å². The van der Waals surface area contributed by atoms with Crippen LogP contribution in [0.4, 0.5) is 5.82 Å². The molecule has 0 aliphatic rings. The third kappa shape index (κ3) is 2.28. The predicted molar refractivity (Wildman–Crippen MR) is 76.2 cm³/mol. The van der Waals surface area contributed by atoms with Crippen molar-refractivity contribution in [1.82, 2.24) is 9.97 Å². The van der Waals surface area contributed by atoms with Gasteiger partial charge in [-0.05, 0) is 26.0 Å². The van der Waals surface area contributed by atoms with Gasteiger partial charge in [0.15, 0.2) is 11.5 Å². The Hall–Kier alpha value is -2.04. The number of aromatic nitrogens is 2. The van der Waals surface area contributed by atoms with E-state index < -0.39 is 0 Å². The van der Waals surface area contributed by atoms with Gasteiger partial charge in [0, 0.05) is 13.1 Å². The van der Waals surface area contributed by atoms with Gasteiger partial charge in [-0.15, -0.1) is 0 Å². The molecule has 5 heteroatoms. The van der Waals surface area contributed by atoms with Gasteiger partial charge >= 0.3 is 0 Å². The topological polar surface area (TPSA) is 47.5 Å². The first-order valence-electron chi connectivity index (χ1n) is 6.37. The molecule has 2 aromatic rings. The fourth-order valence-corrected chi connectivity index (χ4v) is 2.21. The molecule has 1 aromatic heterocycles. The van der Waals surface area contributed by atoms with Crippen LogP contribution in [0.3, 0.4) is 0 Å². The lowest BCUT2D eigenvalue weighted by atomic mass is 10.2. The summed E-state index contributed by atoms with van der Waals surface area (Å²) in [6.07, 6.45) is 1.59. The minimum atomic E-state index is 0.683. The van der Waals surface area contributed by atoms with Crippen LogP contribution >= 0.6 is 0 Å². The lowest BCUT2D eigenvalue weighted by Gasteiger charge is -2.22. The Morgan fingerprint density at radius 3 is 2.37 bits per heavy atom. The van der Waals surface area contributed by atoms with E-state index >= 15 is 0 Å². The van der Waals surface area contributed by atoms with Crippen LogP contribution in [0.25, 0.3) is 10.9 Å². The van der Waals surface area contributed by atoms with Gasteiger partial charge in [-0.2, -0.15) is 0 Å². The quantitative estimate of drug-likeness (QED) is 0.827. The van der Waals surface area contributed by atoms with E-state index in [-0.39, 0.29) is 0 Å². The van der Waals surface area contributed by atoms with Crippen LogP contribution in [-0.2, 0) is 0 Å². The molecule has 0 atom stereocenters. The molecule has 0 saturated heterocycles. The molecule has 102 valence electrons. The van der Waals surface area contributed by atoms with Crippen LogP contribution < -0.4 is 14.4 Å². The Morgan fingerprint density at radius 1 is 1.05 bits per heavy atom. The monoisotopic (exact) mass is 261 g/mol. The van der Waals surface area contributed by atoms with Crippen molar-refractivity contribution in [3.05, 3.63) is 18.5 Å². The Morgan fingerprint density at radius 2 is 1.79 bits per heavy atom. The number of hydrogen-bond donors (Lipinski definition) is 0. The zero-order valence-corrected chi connectivity index (χ0v) is 11.8. The Kier molecular flexibility index (Phi) is 4.04. The highest BCUT2D eigenvalue weighted by Crippen LogP contribution is 2.38. The van der Waals surface area contributed by atoms with Gasteiger partial charge in [0.25, 0.3) is 0 Å². The minimum absolute atomic E-state index is 0.683. The summed E-state index contributed by atoms with van der Waals surface area (Å²) in [5.74, 6) is 2.26. The van der Waals surface area contributed by atoms with E-state index in [0.29, 0.717) is 11.5 Å². The molecule has 0 aliphatic carbocycles. The third-order valence-corrected chi connectivity index (χ3v) is 3.19. The van der Waals surface area contributed by atoms with Gasteiger partial charge in [-0.3, -0.25) is 0 Å². The third-order valence-electron chi connectivity index (χ3n) is 3.19. The van der Waals surface area contributed by atoms with Crippen molar-refractivity contribution in [3.8, 4) is 11.5 Å². The first kappa shape index (κ1) is 13.4. The van der Waals surface area contributed by atoms with Crippen molar-refractivity contribution in [2.45, 2.75) is 13.8 Å². The van der Waals surface area contributed by atoms with Crippen molar-refractivity contribution in [1.29, 1.82) is 0 Å². The summed E-state index contributed by atoms with van der Waals surface area (Å²) in [7, 11) is 3.26. The highest BCUT2D eigenvalue weighted by Gasteiger charge is 2.17. The van der Waals surface area contributed by atoms with Crippen molar-refractivity contribution < 1.29 is 9.47 Å². The Labute approximate surface area is 113 Å². The van der Waals surface area contributed by atoms with Crippen LogP contribution in [-0.4, -0.2) is 37.3 Å². The van der Waals surface area contributed by atoms with Crippen molar-refractivity contribution in [3.63, 3.8) is 0 Å². The van der Waals surface area contributed by atoms with E-state index in [2.05, 4.69) is 28.7 Å². The lowest BCUT2D eigenvalue weighted by molar-refractivity contribution is 0.358. The first-order valence-corrected chi connectivity index (χ1v) is 6.37. The van der Waals surface area contributed by atoms with Crippen molar-refractivity contribution in [2.75, 3.05) is 32.2 Å². The maximum absolute atomic E-state index is 5.50. The second kappa shape index (κ2) is 5.73. The summed E-state index contributed by atoms with van der Waals surface area (Å²) in [4.78, 5) is 10.9. The van der Waals surface area contributed by atoms with Crippen LogP contribution in [0, 0.1) is 0 Å². The highest BCUT2D eigenvalue weighted by atomic mass is 16.5. The SMILES string of the molecule is CCN(CC)c1ncnc2ccc(OC)c(OC)c12.